The first-order chi connectivity index (χ1) is 11.7. The number of aromatic nitrogens is 2. The van der Waals surface area contributed by atoms with Crippen molar-refractivity contribution in [3.05, 3.63) is 56.9 Å². The van der Waals surface area contributed by atoms with E-state index in [4.69, 9.17) is 11.6 Å². The molecule has 0 spiro atoms. The molecule has 1 aliphatic rings. The van der Waals surface area contributed by atoms with Crippen molar-refractivity contribution in [2.75, 3.05) is 31.1 Å². The van der Waals surface area contributed by atoms with Crippen LogP contribution in [0.3, 0.4) is 0 Å². The standard InChI is InChI=1S/C17H17ClN4OS/c18-12-2-1-3-13(10-12)22-7-5-21(6-8-22)11-15-19-14-4-9-24-16(14)17(23)20-15/h1-4,9-10H,5-8,11H2,(H,19,20,23). The number of anilines is 1. The van der Waals surface area contributed by atoms with Gasteiger partial charge in [-0.25, -0.2) is 4.98 Å². The smallest absolute Gasteiger partial charge is 0.268 e. The third-order valence-electron chi connectivity index (χ3n) is 4.28. The summed E-state index contributed by atoms with van der Waals surface area (Å²) in [5.74, 6) is 0.738. The van der Waals surface area contributed by atoms with Gasteiger partial charge in [-0.3, -0.25) is 9.69 Å². The SMILES string of the molecule is O=c1[nH]c(CN2CCN(c3cccc(Cl)c3)CC2)nc2ccsc12. The highest BCUT2D eigenvalue weighted by Crippen LogP contribution is 2.21. The Kier molecular flexibility index (Phi) is 4.26. The molecule has 3 heterocycles. The van der Waals surface area contributed by atoms with Gasteiger partial charge in [-0.2, -0.15) is 0 Å². The molecule has 1 aliphatic heterocycles. The van der Waals surface area contributed by atoms with Crippen LogP contribution in [0.5, 0.6) is 0 Å². The molecule has 1 aromatic carbocycles. The van der Waals surface area contributed by atoms with E-state index in [0.717, 1.165) is 48.2 Å². The van der Waals surface area contributed by atoms with Gasteiger partial charge in [0.15, 0.2) is 0 Å². The number of H-pyrrole nitrogens is 1. The summed E-state index contributed by atoms with van der Waals surface area (Å²) in [7, 11) is 0. The van der Waals surface area contributed by atoms with E-state index in [9.17, 15) is 4.79 Å². The molecule has 0 atom stereocenters. The van der Waals surface area contributed by atoms with Crippen LogP contribution in [0.2, 0.25) is 5.02 Å². The zero-order chi connectivity index (χ0) is 16.5. The van der Waals surface area contributed by atoms with Crippen molar-refractivity contribution in [2.45, 2.75) is 6.54 Å². The zero-order valence-electron chi connectivity index (χ0n) is 13.0. The molecule has 0 amide bonds. The van der Waals surface area contributed by atoms with Crippen molar-refractivity contribution in [1.82, 2.24) is 14.9 Å². The van der Waals surface area contributed by atoms with Crippen molar-refractivity contribution >= 4 is 38.8 Å². The molecule has 5 nitrogen and oxygen atoms in total. The Hall–Kier alpha value is -1.89. The second-order valence-electron chi connectivity index (χ2n) is 5.89. The first-order valence-corrected chi connectivity index (χ1v) is 9.14. The van der Waals surface area contributed by atoms with E-state index in [-0.39, 0.29) is 5.56 Å². The van der Waals surface area contributed by atoms with Crippen LogP contribution in [0.25, 0.3) is 10.2 Å². The number of nitrogens with zero attached hydrogens (tertiary/aromatic N) is 3. The van der Waals surface area contributed by atoms with Crippen molar-refractivity contribution in [3.63, 3.8) is 0 Å². The number of benzene rings is 1. The Morgan fingerprint density at radius 3 is 2.83 bits per heavy atom. The van der Waals surface area contributed by atoms with E-state index in [1.165, 1.54) is 11.3 Å². The topological polar surface area (TPSA) is 52.2 Å². The number of halogens is 1. The van der Waals surface area contributed by atoms with Crippen LogP contribution in [0, 0.1) is 0 Å². The van der Waals surface area contributed by atoms with Gasteiger partial charge in [-0.15, -0.1) is 11.3 Å². The van der Waals surface area contributed by atoms with Crippen LogP contribution in [0.15, 0.2) is 40.5 Å². The monoisotopic (exact) mass is 360 g/mol. The summed E-state index contributed by atoms with van der Waals surface area (Å²) in [5, 5.41) is 2.67. The van der Waals surface area contributed by atoms with Crippen LogP contribution in [0.1, 0.15) is 5.82 Å². The summed E-state index contributed by atoms with van der Waals surface area (Å²) >= 11 is 7.51. The summed E-state index contributed by atoms with van der Waals surface area (Å²) in [6.45, 7) is 4.40. The Bertz CT molecular complexity index is 914. The Balaban J connectivity index is 1.43. The molecule has 1 N–H and O–H groups in total. The largest absolute Gasteiger partial charge is 0.369 e. The van der Waals surface area contributed by atoms with Crippen LogP contribution < -0.4 is 10.5 Å². The minimum Gasteiger partial charge on any atom is -0.369 e. The summed E-state index contributed by atoms with van der Waals surface area (Å²) in [4.78, 5) is 24.2. The molecule has 124 valence electrons. The van der Waals surface area contributed by atoms with Crippen LogP contribution in [-0.2, 0) is 6.54 Å². The lowest BCUT2D eigenvalue weighted by Crippen LogP contribution is -2.46. The van der Waals surface area contributed by atoms with E-state index in [1.54, 1.807) is 0 Å². The molecule has 7 heteroatoms. The third kappa shape index (κ3) is 3.17. The quantitative estimate of drug-likeness (QED) is 0.780. The molecule has 4 rings (SSSR count). The van der Waals surface area contributed by atoms with E-state index in [2.05, 4.69) is 25.8 Å². The molecule has 0 unspecified atom stereocenters. The average Bonchev–Trinajstić information content (AvgIpc) is 3.05. The Morgan fingerprint density at radius 1 is 1.21 bits per heavy atom. The van der Waals surface area contributed by atoms with Crippen molar-refractivity contribution in [3.8, 4) is 0 Å². The molecule has 24 heavy (non-hydrogen) atoms. The highest BCUT2D eigenvalue weighted by Gasteiger charge is 2.18. The highest BCUT2D eigenvalue weighted by atomic mass is 35.5. The second kappa shape index (κ2) is 6.55. The van der Waals surface area contributed by atoms with Crippen LogP contribution in [-0.4, -0.2) is 41.0 Å². The van der Waals surface area contributed by atoms with Crippen molar-refractivity contribution in [1.29, 1.82) is 0 Å². The van der Waals surface area contributed by atoms with Crippen LogP contribution >= 0.6 is 22.9 Å². The normalized spacial score (nSPS) is 16.0. The van der Waals surface area contributed by atoms with Gasteiger partial charge in [0.25, 0.3) is 5.56 Å². The molecule has 0 aliphatic carbocycles. The minimum absolute atomic E-state index is 0.0393. The van der Waals surface area contributed by atoms with Gasteiger partial charge in [0.2, 0.25) is 0 Å². The van der Waals surface area contributed by atoms with Gasteiger partial charge in [0.1, 0.15) is 10.5 Å². The Labute approximate surface area is 148 Å². The fourth-order valence-corrected chi connectivity index (χ4v) is 3.96. The van der Waals surface area contributed by atoms with Gasteiger partial charge in [-0.05, 0) is 29.6 Å². The lowest BCUT2D eigenvalue weighted by atomic mass is 10.2. The summed E-state index contributed by atoms with van der Waals surface area (Å²) in [6, 6.07) is 9.86. The predicted octanol–water partition coefficient (Wildman–Crippen LogP) is 2.96. The first kappa shape index (κ1) is 15.6. The maximum Gasteiger partial charge on any atom is 0.268 e. The fourth-order valence-electron chi connectivity index (χ4n) is 3.05. The molecule has 0 saturated carbocycles. The molecule has 0 bridgehead atoms. The molecule has 3 aromatic rings. The van der Waals surface area contributed by atoms with Gasteiger partial charge < -0.3 is 9.88 Å². The molecular weight excluding hydrogens is 344 g/mol. The van der Waals surface area contributed by atoms with Gasteiger partial charge >= 0.3 is 0 Å². The lowest BCUT2D eigenvalue weighted by molar-refractivity contribution is 0.244. The molecule has 0 radical (unpaired) electrons. The number of hydrogen-bond donors (Lipinski definition) is 1. The minimum atomic E-state index is -0.0393. The number of thiophene rings is 1. The maximum absolute atomic E-state index is 12.0. The number of rotatable bonds is 3. The van der Waals surface area contributed by atoms with E-state index >= 15 is 0 Å². The van der Waals surface area contributed by atoms with Crippen molar-refractivity contribution in [2.24, 2.45) is 0 Å². The summed E-state index contributed by atoms with van der Waals surface area (Å²) in [5.41, 5.74) is 1.91. The number of fused-ring (bicyclic) bond motifs is 1. The van der Waals surface area contributed by atoms with E-state index < -0.39 is 0 Å². The first-order valence-electron chi connectivity index (χ1n) is 7.88. The predicted molar refractivity (Wildman–Crippen MR) is 99.2 cm³/mol. The van der Waals surface area contributed by atoms with Gasteiger partial charge in [0.05, 0.1) is 12.1 Å². The lowest BCUT2D eigenvalue weighted by Gasteiger charge is -2.35. The Morgan fingerprint density at radius 2 is 2.04 bits per heavy atom. The third-order valence-corrected chi connectivity index (χ3v) is 5.42. The van der Waals surface area contributed by atoms with Crippen LogP contribution in [0.4, 0.5) is 5.69 Å². The second-order valence-corrected chi connectivity index (χ2v) is 7.24. The summed E-state index contributed by atoms with van der Waals surface area (Å²) < 4.78 is 0.699. The summed E-state index contributed by atoms with van der Waals surface area (Å²) in [6.07, 6.45) is 0. The van der Waals surface area contributed by atoms with Crippen molar-refractivity contribution < 1.29 is 0 Å². The van der Waals surface area contributed by atoms with E-state index in [0.29, 0.717) is 11.2 Å². The number of piperazine rings is 1. The van der Waals surface area contributed by atoms with Gasteiger partial charge in [-0.1, -0.05) is 17.7 Å². The highest BCUT2D eigenvalue weighted by molar-refractivity contribution is 7.17. The molecule has 1 fully saturated rings. The maximum atomic E-state index is 12.0. The average molecular weight is 361 g/mol. The molecule has 1 saturated heterocycles. The number of hydrogen-bond acceptors (Lipinski definition) is 5. The number of aromatic amines is 1. The number of nitrogens with one attached hydrogen (secondary N) is 1. The molecule has 2 aromatic heterocycles. The van der Waals surface area contributed by atoms with Gasteiger partial charge in [0, 0.05) is 36.9 Å². The fraction of sp³-hybridized carbons (Fsp3) is 0.294. The van der Waals surface area contributed by atoms with E-state index in [1.807, 2.05) is 29.6 Å². The molecular formula is C17H17ClN4OS. The zero-order valence-corrected chi connectivity index (χ0v) is 14.6.